The minimum absolute atomic E-state index is 0.262. The number of piperidine rings is 1. The van der Waals surface area contributed by atoms with Crippen molar-refractivity contribution in [1.29, 1.82) is 0 Å². The predicted molar refractivity (Wildman–Crippen MR) is 91.0 cm³/mol. The molecule has 2 N–H and O–H groups in total. The van der Waals surface area contributed by atoms with Crippen molar-refractivity contribution in [2.45, 2.75) is 32.9 Å². The first-order valence-electron chi connectivity index (χ1n) is 7.66. The molecular formula is C16H22BrN5. The number of halogens is 1. The van der Waals surface area contributed by atoms with Gasteiger partial charge in [-0.1, -0.05) is 35.8 Å². The van der Waals surface area contributed by atoms with Gasteiger partial charge in [-0.05, 0) is 36.6 Å². The van der Waals surface area contributed by atoms with Gasteiger partial charge in [0, 0.05) is 23.6 Å². The number of nitrogens with one attached hydrogen (secondary N) is 2. The van der Waals surface area contributed by atoms with Crippen LogP contribution < -0.4 is 10.6 Å². The zero-order chi connectivity index (χ0) is 15.6. The van der Waals surface area contributed by atoms with E-state index in [0.717, 1.165) is 41.9 Å². The molecule has 118 valence electrons. The van der Waals surface area contributed by atoms with E-state index in [0.29, 0.717) is 6.04 Å². The Balaban J connectivity index is 1.65. The summed E-state index contributed by atoms with van der Waals surface area (Å²) in [5.41, 5.74) is 2.19. The van der Waals surface area contributed by atoms with Crippen LogP contribution in [0.25, 0.3) is 5.69 Å². The standard InChI is InChI=1S/C16H22BrN5/c1-16(2)11-18-7-6-15(16)19-9-13-10-20-22(21-13)14-5-3-4-12(17)8-14/h3-5,8,10,15,18-19H,6-7,9,11H2,1-2H3. The van der Waals surface area contributed by atoms with E-state index >= 15 is 0 Å². The fraction of sp³-hybridized carbons (Fsp3) is 0.500. The molecule has 2 aromatic rings. The lowest BCUT2D eigenvalue weighted by Gasteiger charge is -2.39. The molecule has 0 saturated carbocycles. The van der Waals surface area contributed by atoms with Crippen LogP contribution >= 0.6 is 15.9 Å². The van der Waals surface area contributed by atoms with Crippen LogP contribution in [0, 0.1) is 5.41 Å². The van der Waals surface area contributed by atoms with Crippen molar-refractivity contribution in [2.75, 3.05) is 13.1 Å². The maximum Gasteiger partial charge on any atom is 0.0969 e. The molecule has 1 fully saturated rings. The lowest BCUT2D eigenvalue weighted by molar-refractivity contribution is 0.183. The van der Waals surface area contributed by atoms with Crippen LogP contribution in [0.4, 0.5) is 0 Å². The molecule has 0 spiro atoms. The summed E-state index contributed by atoms with van der Waals surface area (Å²) in [5.74, 6) is 0. The van der Waals surface area contributed by atoms with Gasteiger partial charge in [0.1, 0.15) is 0 Å². The number of benzene rings is 1. The first kappa shape index (κ1) is 15.6. The molecule has 5 nitrogen and oxygen atoms in total. The van der Waals surface area contributed by atoms with E-state index in [4.69, 9.17) is 0 Å². The summed E-state index contributed by atoms with van der Waals surface area (Å²) >= 11 is 3.47. The molecule has 1 aromatic heterocycles. The van der Waals surface area contributed by atoms with Crippen LogP contribution in [-0.2, 0) is 6.54 Å². The number of aromatic nitrogens is 3. The molecule has 1 aliphatic rings. The maximum absolute atomic E-state index is 4.56. The molecule has 1 saturated heterocycles. The predicted octanol–water partition coefficient (Wildman–Crippen LogP) is 2.51. The second kappa shape index (κ2) is 6.48. The zero-order valence-electron chi connectivity index (χ0n) is 13.0. The van der Waals surface area contributed by atoms with Gasteiger partial charge in [-0.15, -0.1) is 0 Å². The maximum atomic E-state index is 4.56. The van der Waals surface area contributed by atoms with Gasteiger partial charge in [0.05, 0.1) is 17.6 Å². The lowest BCUT2D eigenvalue weighted by Crippen LogP contribution is -2.52. The van der Waals surface area contributed by atoms with Crippen molar-refractivity contribution >= 4 is 15.9 Å². The van der Waals surface area contributed by atoms with E-state index in [1.165, 1.54) is 0 Å². The number of rotatable bonds is 4. The van der Waals surface area contributed by atoms with E-state index in [1.807, 2.05) is 30.5 Å². The number of hydrogen-bond donors (Lipinski definition) is 2. The van der Waals surface area contributed by atoms with Gasteiger partial charge in [-0.2, -0.15) is 15.0 Å². The molecule has 0 aliphatic carbocycles. The molecule has 0 radical (unpaired) electrons. The summed E-state index contributed by atoms with van der Waals surface area (Å²) in [6.45, 7) is 7.48. The largest absolute Gasteiger partial charge is 0.316 e. The normalized spacial score (nSPS) is 21.0. The van der Waals surface area contributed by atoms with Crippen molar-refractivity contribution in [3.8, 4) is 5.69 Å². The Morgan fingerprint density at radius 1 is 1.45 bits per heavy atom. The molecular weight excluding hydrogens is 342 g/mol. The quantitative estimate of drug-likeness (QED) is 0.876. The molecule has 1 aromatic carbocycles. The van der Waals surface area contributed by atoms with Crippen LogP contribution in [0.1, 0.15) is 26.0 Å². The topological polar surface area (TPSA) is 54.8 Å². The molecule has 2 heterocycles. The fourth-order valence-electron chi connectivity index (χ4n) is 2.88. The molecule has 1 atom stereocenters. The van der Waals surface area contributed by atoms with Crippen LogP contribution in [-0.4, -0.2) is 34.1 Å². The van der Waals surface area contributed by atoms with Gasteiger partial charge < -0.3 is 10.6 Å². The monoisotopic (exact) mass is 363 g/mol. The summed E-state index contributed by atoms with van der Waals surface area (Å²) in [7, 11) is 0. The Labute approximate surface area is 139 Å². The summed E-state index contributed by atoms with van der Waals surface area (Å²) in [6, 6.07) is 8.49. The molecule has 1 unspecified atom stereocenters. The van der Waals surface area contributed by atoms with Crippen molar-refractivity contribution in [3.05, 3.63) is 40.6 Å². The zero-order valence-corrected chi connectivity index (χ0v) is 14.6. The van der Waals surface area contributed by atoms with E-state index in [1.54, 1.807) is 4.80 Å². The molecule has 22 heavy (non-hydrogen) atoms. The highest BCUT2D eigenvalue weighted by Gasteiger charge is 2.31. The Morgan fingerprint density at radius 3 is 3.09 bits per heavy atom. The highest BCUT2D eigenvalue weighted by Crippen LogP contribution is 2.25. The third-order valence-corrected chi connectivity index (χ3v) is 4.74. The summed E-state index contributed by atoms with van der Waals surface area (Å²) in [6.07, 6.45) is 2.98. The second-order valence-electron chi connectivity index (χ2n) is 6.49. The average Bonchev–Trinajstić information content (AvgIpc) is 2.95. The van der Waals surface area contributed by atoms with Crippen LogP contribution in [0.15, 0.2) is 34.9 Å². The van der Waals surface area contributed by atoms with Gasteiger partial charge in [0.2, 0.25) is 0 Å². The summed E-state index contributed by atoms with van der Waals surface area (Å²) in [5, 5.41) is 16.0. The van der Waals surface area contributed by atoms with Gasteiger partial charge in [-0.3, -0.25) is 0 Å². The Kier molecular flexibility index (Phi) is 4.61. The first-order valence-corrected chi connectivity index (χ1v) is 8.45. The van der Waals surface area contributed by atoms with Crippen molar-refractivity contribution in [1.82, 2.24) is 25.6 Å². The number of nitrogens with zero attached hydrogens (tertiary/aromatic N) is 3. The Bertz CT molecular complexity index is 637. The van der Waals surface area contributed by atoms with Crippen LogP contribution in [0.2, 0.25) is 0 Å². The highest BCUT2D eigenvalue weighted by atomic mass is 79.9. The average molecular weight is 364 g/mol. The summed E-state index contributed by atoms with van der Waals surface area (Å²) in [4.78, 5) is 1.68. The Morgan fingerprint density at radius 2 is 2.32 bits per heavy atom. The third kappa shape index (κ3) is 3.56. The van der Waals surface area contributed by atoms with Crippen molar-refractivity contribution in [2.24, 2.45) is 5.41 Å². The van der Waals surface area contributed by atoms with E-state index in [2.05, 4.69) is 50.6 Å². The van der Waals surface area contributed by atoms with Crippen molar-refractivity contribution in [3.63, 3.8) is 0 Å². The minimum atomic E-state index is 0.262. The van der Waals surface area contributed by atoms with Gasteiger partial charge in [-0.25, -0.2) is 0 Å². The fourth-order valence-corrected chi connectivity index (χ4v) is 3.26. The smallest absolute Gasteiger partial charge is 0.0969 e. The van der Waals surface area contributed by atoms with E-state index < -0.39 is 0 Å². The lowest BCUT2D eigenvalue weighted by atomic mass is 9.80. The minimum Gasteiger partial charge on any atom is -0.316 e. The van der Waals surface area contributed by atoms with E-state index in [9.17, 15) is 0 Å². The second-order valence-corrected chi connectivity index (χ2v) is 7.41. The van der Waals surface area contributed by atoms with Crippen molar-refractivity contribution < 1.29 is 0 Å². The van der Waals surface area contributed by atoms with Gasteiger partial charge >= 0.3 is 0 Å². The molecule has 3 rings (SSSR count). The Hall–Kier alpha value is -1.24. The first-order chi connectivity index (χ1) is 10.5. The van der Waals surface area contributed by atoms with Crippen LogP contribution in [0.5, 0.6) is 0 Å². The summed E-state index contributed by atoms with van der Waals surface area (Å²) < 4.78 is 1.03. The van der Waals surface area contributed by atoms with Gasteiger partial charge in [0.15, 0.2) is 0 Å². The van der Waals surface area contributed by atoms with E-state index in [-0.39, 0.29) is 5.41 Å². The number of hydrogen-bond acceptors (Lipinski definition) is 4. The highest BCUT2D eigenvalue weighted by molar-refractivity contribution is 9.10. The molecule has 0 amide bonds. The third-order valence-electron chi connectivity index (χ3n) is 4.24. The SMILES string of the molecule is CC1(C)CNCCC1NCc1cnn(-c2cccc(Br)c2)n1. The van der Waals surface area contributed by atoms with Crippen LogP contribution in [0.3, 0.4) is 0 Å². The van der Waals surface area contributed by atoms with Gasteiger partial charge in [0.25, 0.3) is 0 Å². The molecule has 0 bridgehead atoms. The molecule has 6 heteroatoms. The molecule has 1 aliphatic heterocycles.